The van der Waals surface area contributed by atoms with Crippen LogP contribution in [0.2, 0.25) is 0 Å². The van der Waals surface area contributed by atoms with Gasteiger partial charge in [0.05, 0.1) is 8.66 Å². The minimum absolute atomic E-state index is 0.188. The molecule has 0 aliphatic carbocycles. The second-order valence-corrected chi connectivity index (χ2v) is 9.22. The molecule has 1 saturated heterocycles. The van der Waals surface area contributed by atoms with Crippen LogP contribution in [0.15, 0.2) is 15.9 Å². The molecule has 148 valence electrons. The summed E-state index contributed by atoms with van der Waals surface area (Å²) in [6, 6.07) is 2.36. The Morgan fingerprint density at radius 3 is 2.56 bits per heavy atom. The third-order valence-corrected chi connectivity index (χ3v) is 6.03. The van der Waals surface area contributed by atoms with Crippen molar-refractivity contribution in [1.29, 1.82) is 0 Å². The number of thiophene rings is 1. The van der Waals surface area contributed by atoms with Crippen molar-refractivity contribution >= 4 is 50.9 Å². The summed E-state index contributed by atoms with van der Waals surface area (Å²) in [6.07, 6.45) is 0.443. The molecule has 3 unspecified atom stereocenters. The first-order chi connectivity index (χ1) is 12.6. The van der Waals surface area contributed by atoms with Crippen LogP contribution >= 0.6 is 27.3 Å². The highest BCUT2D eigenvalue weighted by molar-refractivity contribution is 9.11. The summed E-state index contributed by atoms with van der Waals surface area (Å²) in [5.41, 5.74) is -1.07. The Labute approximate surface area is 170 Å². The van der Waals surface area contributed by atoms with Crippen molar-refractivity contribution in [3.05, 3.63) is 20.8 Å². The molecule has 1 aromatic heterocycles. The predicted molar refractivity (Wildman–Crippen MR) is 105 cm³/mol. The number of amides is 4. The zero-order valence-electron chi connectivity index (χ0n) is 15.3. The van der Waals surface area contributed by atoms with Crippen molar-refractivity contribution in [2.24, 2.45) is 5.41 Å². The SMILES string of the molecule is CC(CNC(=O)C(C)NC(=O)c1ccc(Br)s1)NC(=O)C1(C)CCNC1=O. The van der Waals surface area contributed by atoms with Gasteiger partial charge in [-0.2, -0.15) is 0 Å². The van der Waals surface area contributed by atoms with E-state index in [2.05, 4.69) is 37.2 Å². The molecule has 0 radical (unpaired) electrons. The van der Waals surface area contributed by atoms with Gasteiger partial charge in [0.1, 0.15) is 11.5 Å². The van der Waals surface area contributed by atoms with E-state index in [9.17, 15) is 19.2 Å². The van der Waals surface area contributed by atoms with Crippen molar-refractivity contribution in [2.45, 2.75) is 39.3 Å². The van der Waals surface area contributed by atoms with Crippen LogP contribution in [0.4, 0.5) is 0 Å². The molecule has 1 fully saturated rings. The van der Waals surface area contributed by atoms with Crippen molar-refractivity contribution in [3.63, 3.8) is 0 Å². The molecular weight excluding hydrogens is 436 g/mol. The first-order valence-electron chi connectivity index (χ1n) is 8.56. The quantitative estimate of drug-likeness (QED) is 0.451. The maximum absolute atomic E-state index is 12.3. The van der Waals surface area contributed by atoms with Gasteiger partial charge in [0.25, 0.3) is 5.91 Å². The Bertz CT molecular complexity index is 753. The number of hydrogen-bond donors (Lipinski definition) is 4. The Balaban J connectivity index is 1.77. The fourth-order valence-electron chi connectivity index (χ4n) is 2.56. The number of carbonyl (C=O) groups is 4. The second kappa shape index (κ2) is 8.83. The van der Waals surface area contributed by atoms with E-state index in [1.165, 1.54) is 11.3 Å². The molecule has 0 spiro atoms. The van der Waals surface area contributed by atoms with E-state index in [-0.39, 0.29) is 36.2 Å². The normalized spacial score (nSPS) is 21.1. The Hall–Kier alpha value is -1.94. The zero-order chi connectivity index (χ0) is 20.2. The van der Waals surface area contributed by atoms with Gasteiger partial charge >= 0.3 is 0 Å². The maximum Gasteiger partial charge on any atom is 0.262 e. The van der Waals surface area contributed by atoms with Crippen molar-refractivity contribution in [3.8, 4) is 0 Å². The van der Waals surface area contributed by atoms with E-state index in [0.717, 1.165) is 3.79 Å². The minimum Gasteiger partial charge on any atom is -0.355 e. The zero-order valence-corrected chi connectivity index (χ0v) is 17.8. The Kier molecular flexibility index (Phi) is 6.99. The highest BCUT2D eigenvalue weighted by Crippen LogP contribution is 2.26. The molecule has 2 rings (SSSR count). The van der Waals surface area contributed by atoms with Crippen molar-refractivity contribution in [1.82, 2.24) is 21.3 Å². The van der Waals surface area contributed by atoms with Crippen molar-refractivity contribution < 1.29 is 19.2 Å². The van der Waals surface area contributed by atoms with Crippen LogP contribution in [0.25, 0.3) is 0 Å². The summed E-state index contributed by atoms with van der Waals surface area (Å²) in [7, 11) is 0. The molecule has 10 heteroatoms. The summed E-state index contributed by atoms with van der Waals surface area (Å²) in [5.74, 6) is -1.32. The van der Waals surface area contributed by atoms with Crippen LogP contribution in [0, 0.1) is 5.41 Å². The molecule has 4 amide bonds. The number of rotatable bonds is 7. The molecule has 3 atom stereocenters. The Morgan fingerprint density at radius 1 is 1.30 bits per heavy atom. The summed E-state index contributed by atoms with van der Waals surface area (Å²) >= 11 is 4.57. The molecular formula is C17H23BrN4O4S. The van der Waals surface area contributed by atoms with Gasteiger partial charge in [-0.25, -0.2) is 0 Å². The molecule has 0 bridgehead atoms. The monoisotopic (exact) mass is 458 g/mol. The number of halogens is 1. The lowest BCUT2D eigenvalue weighted by Gasteiger charge is -2.23. The van der Waals surface area contributed by atoms with E-state index in [1.807, 2.05) is 0 Å². The Morgan fingerprint density at radius 2 is 2.00 bits per heavy atom. The summed E-state index contributed by atoms with van der Waals surface area (Å²) < 4.78 is 0.832. The highest BCUT2D eigenvalue weighted by Gasteiger charge is 2.44. The van der Waals surface area contributed by atoms with Crippen LogP contribution in [-0.2, 0) is 14.4 Å². The number of hydrogen-bond acceptors (Lipinski definition) is 5. The lowest BCUT2D eigenvalue weighted by Crippen LogP contribution is -2.52. The lowest BCUT2D eigenvalue weighted by atomic mass is 9.87. The third kappa shape index (κ3) is 5.29. The fraction of sp³-hybridized carbons (Fsp3) is 0.529. The molecule has 1 aliphatic heterocycles. The molecule has 1 aliphatic rings. The fourth-order valence-corrected chi connectivity index (χ4v) is 3.85. The average molecular weight is 459 g/mol. The van der Waals surface area contributed by atoms with Gasteiger partial charge in [0.15, 0.2) is 0 Å². The summed E-state index contributed by atoms with van der Waals surface area (Å²) in [4.78, 5) is 48.9. The smallest absolute Gasteiger partial charge is 0.262 e. The van der Waals surface area contributed by atoms with Gasteiger partial charge in [0, 0.05) is 19.1 Å². The molecule has 1 aromatic rings. The van der Waals surface area contributed by atoms with Gasteiger partial charge in [-0.15, -0.1) is 11.3 Å². The van der Waals surface area contributed by atoms with E-state index in [1.54, 1.807) is 32.9 Å². The van der Waals surface area contributed by atoms with E-state index in [4.69, 9.17) is 0 Å². The molecule has 8 nitrogen and oxygen atoms in total. The first kappa shape index (κ1) is 21.4. The summed E-state index contributed by atoms with van der Waals surface area (Å²) in [5, 5.41) is 10.7. The number of carbonyl (C=O) groups excluding carboxylic acids is 4. The van der Waals surface area contributed by atoms with Crippen LogP contribution in [0.5, 0.6) is 0 Å². The third-order valence-electron chi connectivity index (χ3n) is 4.41. The standard InChI is InChI=1S/C17H23BrN4O4S/c1-9(21-16(26)17(3)6-7-19-15(17)25)8-20-13(23)10(2)22-14(24)11-4-5-12(18)27-11/h4-5,9-10H,6-8H2,1-3H3,(H,19,25)(H,20,23)(H,21,26)(H,22,24). The summed E-state index contributed by atoms with van der Waals surface area (Å²) in [6.45, 7) is 5.60. The van der Waals surface area contributed by atoms with E-state index < -0.39 is 11.5 Å². The maximum atomic E-state index is 12.3. The largest absolute Gasteiger partial charge is 0.355 e. The van der Waals surface area contributed by atoms with Crippen LogP contribution in [0.3, 0.4) is 0 Å². The molecule has 0 aromatic carbocycles. The average Bonchev–Trinajstić information content (AvgIpc) is 3.19. The van der Waals surface area contributed by atoms with Crippen LogP contribution in [0.1, 0.15) is 36.9 Å². The van der Waals surface area contributed by atoms with E-state index >= 15 is 0 Å². The molecule has 27 heavy (non-hydrogen) atoms. The molecule has 0 saturated carbocycles. The lowest BCUT2D eigenvalue weighted by molar-refractivity contribution is -0.140. The van der Waals surface area contributed by atoms with Gasteiger partial charge in [-0.05, 0) is 55.3 Å². The van der Waals surface area contributed by atoms with Gasteiger partial charge in [0.2, 0.25) is 17.7 Å². The first-order valence-corrected chi connectivity index (χ1v) is 10.2. The topological polar surface area (TPSA) is 116 Å². The van der Waals surface area contributed by atoms with E-state index in [0.29, 0.717) is 17.8 Å². The predicted octanol–water partition coefficient (Wildman–Crippen LogP) is 0.776. The van der Waals surface area contributed by atoms with Crippen LogP contribution < -0.4 is 21.3 Å². The van der Waals surface area contributed by atoms with Gasteiger partial charge in [-0.3, -0.25) is 19.2 Å². The second-order valence-electron chi connectivity index (χ2n) is 6.76. The van der Waals surface area contributed by atoms with Gasteiger partial charge in [-0.1, -0.05) is 0 Å². The highest BCUT2D eigenvalue weighted by atomic mass is 79.9. The minimum atomic E-state index is -1.07. The molecule has 2 heterocycles. The van der Waals surface area contributed by atoms with Crippen LogP contribution in [-0.4, -0.2) is 48.8 Å². The molecule has 4 N–H and O–H groups in total. The van der Waals surface area contributed by atoms with Crippen molar-refractivity contribution in [2.75, 3.05) is 13.1 Å². The van der Waals surface area contributed by atoms with Gasteiger partial charge < -0.3 is 21.3 Å². The number of nitrogens with one attached hydrogen (secondary N) is 4.